The number of aliphatic hydroxyl groups is 2. The smallest absolute Gasteiger partial charge is 0.0809 e. The van der Waals surface area contributed by atoms with Crippen LogP contribution in [0, 0.1) is 0 Å². The SMILES string of the molecule is CC(O)COC(C)CO.COCC1CCCO1. The fourth-order valence-corrected chi connectivity index (χ4v) is 1.32. The molecule has 5 heteroatoms. The van der Waals surface area contributed by atoms with Crippen molar-refractivity contribution in [3.63, 3.8) is 0 Å². The molecule has 104 valence electrons. The van der Waals surface area contributed by atoms with Crippen LogP contribution in [0.3, 0.4) is 0 Å². The summed E-state index contributed by atoms with van der Waals surface area (Å²) < 4.78 is 15.1. The van der Waals surface area contributed by atoms with E-state index in [1.807, 2.05) is 0 Å². The molecule has 0 saturated carbocycles. The molecule has 1 heterocycles. The Morgan fingerprint density at radius 1 is 1.41 bits per heavy atom. The van der Waals surface area contributed by atoms with Gasteiger partial charge in [0, 0.05) is 13.7 Å². The number of aliphatic hydroxyl groups excluding tert-OH is 2. The van der Waals surface area contributed by atoms with Crippen molar-refractivity contribution in [2.45, 2.75) is 45.0 Å². The molecule has 1 aliphatic heterocycles. The third-order valence-electron chi connectivity index (χ3n) is 2.26. The fraction of sp³-hybridized carbons (Fsp3) is 1.00. The lowest BCUT2D eigenvalue weighted by molar-refractivity contribution is -0.0177. The molecule has 0 bridgehead atoms. The van der Waals surface area contributed by atoms with Crippen molar-refractivity contribution < 1.29 is 24.4 Å². The summed E-state index contributed by atoms with van der Waals surface area (Å²) in [5, 5.41) is 17.1. The van der Waals surface area contributed by atoms with E-state index in [9.17, 15) is 0 Å². The summed E-state index contributed by atoms with van der Waals surface area (Å²) in [6.45, 7) is 5.38. The van der Waals surface area contributed by atoms with Crippen LogP contribution in [0.25, 0.3) is 0 Å². The molecule has 5 nitrogen and oxygen atoms in total. The van der Waals surface area contributed by atoms with E-state index in [4.69, 9.17) is 24.4 Å². The highest BCUT2D eigenvalue weighted by molar-refractivity contribution is 4.62. The minimum Gasteiger partial charge on any atom is -0.394 e. The Morgan fingerprint density at radius 3 is 2.53 bits per heavy atom. The standard InChI is InChI=1S/C6H14O3.C6H12O2/c1-5(8)4-9-6(2)3-7;1-7-5-6-3-2-4-8-6/h5-8H,3-4H2,1-2H3;6H,2-5H2,1H3. The highest BCUT2D eigenvalue weighted by Gasteiger charge is 2.13. The van der Waals surface area contributed by atoms with E-state index in [1.54, 1.807) is 21.0 Å². The zero-order valence-electron chi connectivity index (χ0n) is 11.1. The Morgan fingerprint density at radius 2 is 2.12 bits per heavy atom. The van der Waals surface area contributed by atoms with Gasteiger partial charge in [0.25, 0.3) is 0 Å². The summed E-state index contributed by atoms with van der Waals surface area (Å²) in [5.41, 5.74) is 0. The van der Waals surface area contributed by atoms with Gasteiger partial charge in [0.15, 0.2) is 0 Å². The summed E-state index contributed by atoms with van der Waals surface area (Å²) in [6.07, 6.45) is 2.15. The van der Waals surface area contributed by atoms with Crippen LogP contribution in [-0.4, -0.2) is 62.1 Å². The van der Waals surface area contributed by atoms with Crippen LogP contribution in [0.5, 0.6) is 0 Å². The van der Waals surface area contributed by atoms with Gasteiger partial charge in [0.1, 0.15) is 0 Å². The van der Waals surface area contributed by atoms with Gasteiger partial charge < -0.3 is 24.4 Å². The first-order valence-electron chi connectivity index (χ1n) is 6.11. The maximum Gasteiger partial charge on any atom is 0.0809 e. The van der Waals surface area contributed by atoms with Crippen molar-refractivity contribution in [3.05, 3.63) is 0 Å². The molecule has 1 saturated heterocycles. The minimum atomic E-state index is -0.445. The normalized spacial score (nSPS) is 22.8. The maximum atomic E-state index is 8.69. The van der Waals surface area contributed by atoms with Crippen LogP contribution in [0.15, 0.2) is 0 Å². The molecule has 0 amide bonds. The molecule has 0 spiro atoms. The Bertz CT molecular complexity index is 157. The quantitative estimate of drug-likeness (QED) is 0.721. The van der Waals surface area contributed by atoms with Gasteiger partial charge in [0.05, 0.1) is 38.1 Å². The van der Waals surface area contributed by atoms with Crippen molar-refractivity contribution in [1.29, 1.82) is 0 Å². The molecule has 3 atom stereocenters. The molecule has 1 fully saturated rings. The molecular weight excluding hydrogens is 224 g/mol. The van der Waals surface area contributed by atoms with Gasteiger partial charge in [-0.15, -0.1) is 0 Å². The summed E-state index contributed by atoms with van der Waals surface area (Å²) in [4.78, 5) is 0. The lowest BCUT2D eigenvalue weighted by Crippen LogP contribution is -2.19. The largest absolute Gasteiger partial charge is 0.394 e. The molecule has 0 aliphatic carbocycles. The van der Waals surface area contributed by atoms with E-state index in [0.717, 1.165) is 13.2 Å². The Hall–Kier alpha value is -0.200. The van der Waals surface area contributed by atoms with Crippen LogP contribution in [0.4, 0.5) is 0 Å². The van der Waals surface area contributed by atoms with Crippen molar-refractivity contribution in [1.82, 2.24) is 0 Å². The third-order valence-corrected chi connectivity index (χ3v) is 2.26. The predicted octanol–water partition coefficient (Wildman–Crippen LogP) is 0.576. The second-order valence-corrected chi connectivity index (χ2v) is 4.27. The summed E-state index contributed by atoms with van der Waals surface area (Å²) in [5.74, 6) is 0. The Labute approximate surface area is 104 Å². The molecule has 17 heavy (non-hydrogen) atoms. The van der Waals surface area contributed by atoms with Gasteiger partial charge >= 0.3 is 0 Å². The van der Waals surface area contributed by atoms with Gasteiger partial charge in [-0.3, -0.25) is 0 Å². The number of methoxy groups -OCH3 is 1. The molecular formula is C12H26O5. The third kappa shape index (κ3) is 10.7. The molecule has 0 radical (unpaired) electrons. The Kier molecular flexibility index (Phi) is 10.8. The van der Waals surface area contributed by atoms with Gasteiger partial charge in [-0.05, 0) is 26.7 Å². The number of rotatable bonds is 6. The Balaban J connectivity index is 0.000000302. The van der Waals surface area contributed by atoms with Crippen molar-refractivity contribution in [2.75, 3.05) is 33.5 Å². The summed E-state index contributed by atoms with van der Waals surface area (Å²) in [6, 6.07) is 0. The van der Waals surface area contributed by atoms with E-state index in [-0.39, 0.29) is 12.7 Å². The first-order valence-corrected chi connectivity index (χ1v) is 6.11. The van der Waals surface area contributed by atoms with Gasteiger partial charge in [-0.25, -0.2) is 0 Å². The zero-order chi connectivity index (χ0) is 13.1. The van der Waals surface area contributed by atoms with Crippen molar-refractivity contribution >= 4 is 0 Å². The van der Waals surface area contributed by atoms with Crippen LogP contribution in [0.2, 0.25) is 0 Å². The molecule has 0 aromatic rings. The van der Waals surface area contributed by atoms with Gasteiger partial charge in [-0.2, -0.15) is 0 Å². The molecule has 1 aliphatic rings. The van der Waals surface area contributed by atoms with E-state index in [2.05, 4.69) is 0 Å². The second-order valence-electron chi connectivity index (χ2n) is 4.27. The molecule has 1 rings (SSSR count). The van der Waals surface area contributed by atoms with Gasteiger partial charge in [0.2, 0.25) is 0 Å². The summed E-state index contributed by atoms with van der Waals surface area (Å²) in [7, 11) is 1.71. The predicted molar refractivity (Wildman–Crippen MR) is 65.0 cm³/mol. The first kappa shape index (κ1) is 16.8. The fourth-order valence-electron chi connectivity index (χ4n) is 1.32. The van der Waals surface area contributed by atoms with Crippen molar-refractivity contribution in [2.24, 2.45) is 0 Å². The molecule has 2 N–H and O–H groups in total. The van der Waals surface area contributed by atoms with E-state index < -0.39 is 6.10 Å². The van der Waals surface area contributed by atoms with Crippen LogP contribution in [-0.2, 0) is 14.2 Å². The minimum absolute atomic E-state index is 0.00667. The van der Waals surface area contributed by atoms with Crippen LogP contribution < -0.4 is 0 Å². The average Bonchev–Trinajstić information content (AvgIpc) is 2.80. The van der Waals surface area contributed by atoms with Crippen molar-refractivity contribution in [3.8, 4) is 0 Å². The number of hydrogen-bond acceptors (Lipinski definition) is 5. The zero-order valence-corrected chi connectivity index (χ0v) is 11.1. The van der Waals surface area contributed by atoms with Gasteiger partial charge in [-0.1, -0.05) is 0 Å². The van der Waals surface area contributed by atoms with E-state index >= 15 is 0 Å². The highest BCUT2D eigenvalue weighted by Crippen LogP contribution is 2.11. The second kappa shape index (κ2) is 10.9. The first-order chi connectivity index (χ1) is 8.10. The van der Waals surface area contributed by atoms with E-state index in [0.29, 0.717) is 12.7 Å². The van der Waals surface area contributed by atoms with E-state index in [1.165, 1.54) is 12.8 Å². The topological polar surface area (TPSA) is 68.2 Å². The van der Waals surface area contributed by atoms with Crippen LogP contribution in [0.1, 0.15) is 26.7 Å². The lowest BCUT2D eigenvalue weighted by atomic mass is 10.2. The molecule has 0 aromatic heterocycles. The monoisotopic (exact) mass is 250 g/mol. The molecule has 3 unspecified atom stereocenters. The number of hydrogen-bond donors (Lipinski definition) is 2. The number of ether oxygens (including phenoxy) is 3. The lowest BCUT2D eigenvalue weighted by Gasteiger charge is -2.10. The average molecular weight is 250 g/mol. The summed E-state index contributed by atoms with van der Waals surface area (Å²) >= 11 is 0. The molecule has 0 aromatic carbocycles. The van der Waals surface area contributed by atoms with Crippen LogP contribution >= 0.6 is 0 Å². The maximum absolute atomic E-state index is 8.69. The highest BCUT2D eigenvalue weighted by atomic mass is 16.5.